The molecule has 1 aliphatic rings. The number of para-hydroxylation sites is 2. The van der Waals surface area contributed by atoms with Crippen LogP contribution < -0.4 is 24.8 Å². The third kappa shape index (κ3) is 4.55. The molecule has 0 radical (unpaired) electrons. The van der Waals surface area contributed by atoms with Crippen LogP contribution in [0.2, 0.25) is 0 Å². The molecule has 1 aliphatic heterocycles. The molecule has 9 heteroatoms. The lowest BCUT2D eigenvalue weighted by atomic mass is 10.1. The summed E-state index contributed by atoms with van der Waals surface area (Å²) in [5, 5.41) is 0.695. The summed E-state index contributed by atoms with van der Waals surface area (Å²) in [7, 11) is 3.15. The Labute approximate surface area is 209 Å². The van der Waals surface area contributed by atoms with Gasteiger partial charge in [0.25, 0.3) is 5.91 Å². The summed E-state index contributed by atoms with van der Waals surface area (Å²) in [5.41, 5.74) is 7.45. The zero-order valence-electron chi connectivity index (χ0n) is 20.2. The van der Waals surface area contributed by atoms with E-state index in [0.717, 1.165) is 0 Å². The summed E-state index contributed by atoms with van der Waals surface area (Å²) >= 11 is 0. The Hall–Kier alpha value is -4.53. The second kappa shape index (κ2) is 9.99. The minimum atomic E-state index is -0.0723. The highest BCUT2D eigenvalue weighted by Crippen LogP contribution is 2.34. The number of amides is 1. The van der Waals surface area contributed by atoms with Gasteiger partial charge >= 0.3 is 0 Å². The zero-order valence-corrected chi connectivity index (χ0v) is 20.2. The van der Waals surface area contributed by atoms with Crippen LogP contribution in [0.25, 0.3) is 10.9 Å². The predicted molar refractivity (Wildman–Crippen MR) is 138 cm³/mol. The molecule has 1 amide bonds. The summed E-state index contributed by atoms with van der Waals surface area (Å²) < 4.78 is 16.8. The van der Waals surface area contributed by atoms with Crippen molar-refractivity contribution in [2.24, 2.45) is 0 Å². The van der Waals surface area contributed by atoms with Gasteiger partial charge in [-0.05, 0) is 30.3 Å². The second-order valence-corrected chi connectivity index (χ2v) is 8.32. The van der Waals surface area contributed by atoms with E-state index in [-0.39, 0.29) is 5.91 Å². The molecule has 1 aromatic heterocycles. The van der Waals surface area contributed by atoms with Gasteiger partial charge in [0.2, 0.25) is 5.95 Å². The average molecular weight is 486 g/mol. The van der Waals surface area contributed by atoms with Gasteiger partial charge in [-0.2, -0.15) is 4.98 Å². The van der Waals surface area contributed by atoms with Crippen molar-refractivity contribution in [3.05, 3.63) is 72.3 Å². The molecule has 1 fully saturated rings. The Morgan fingerprint density at radius 3 is 2.22 bits per heavy atom. The van der Waals surface area contributed by atoms with Crippen LogP contribution in [0.5, 0.6) is 23.0 Å². The number of ether oxygens (including phenoxy) is 3. The molecule has 2 N–H and O–H groups in total. The highest BCUT2D eigenvalue weighted by Gasteiger charge is 2.26. The van der Waals surface area contributed by atoms with Crippen LogP contribution in [-0.2, 0) is 0 Å². The highest BCUT2D eigenvalue weighted by molar-refractivity contribution is 5.97. The number of hydrogen-bond donors (Lipinski definition) is 1. The maximum absolute atomic E-state index is 13.4. The Morgan fingerprint density at radius 1 is 0.833 bits per heavy atom. The molecule has 9 nitrogen and oxygen atoms in total. The van der Waals surface area contributed by atoms with E-state index >= 15 is 0 Å². The summed E-state index contributed by atoms with van der Waals surface area (Å²) in [6.45, 7) is 2.19. The van der Waals surface area contributed by atoms with Gasteiger partial charge in [-0.25, -0.2) is 4.98 Å². The highest BCUT2D eigenvalue weighted by atomic mass is 16.5. The van der Waals surface area contributed by atoms with Crippen LogP contribution in [0, 0.1) is 0 Å². The van der Waals surface area contributed by atoms with E-state index in [4.69, 9.17) is 24.9 Å². The molecule has 0 aliphatic carbocycles. The van der Waals surface area contributed by atoms with Gasteiger partial charge in [-0.1, -0.05) is 30.3 Å². The number of fused-ring (bicyclic) bond motifs is 1. The molecule has 0 spiro atoms. The number of benzene rings is 3. The molecule has 2 heterocycles. The minimum Gasteiger partial charge on any atom is -0.493 e. The van der Waals surface area contributed by atoms with Crippen LogP contribution in [-0.4, -0.2) is 61.2 Å². The van der Waals surface area contributed by atoms with Gasteiger partial charge in [-0.3, -0.25) is 4.79 Å². The van der Waals surface area contributed by atoms with Gasteiger partial charge in [-0.15, -0.1) is 0 Å². The number of anilines is 2. The van der Waals surface area contributed by atoms with Crippen molar-refractivity contribution in [3.63, 3.8) is 0 Å². The lowest BCUT2D eigenvalue weighted by Gasteiger charge is -2.35. The first-order chi connectivity index (χ1) is 17.6. The van der Waals surface area contributed by atoms with Crippen molar-refractivity contribution in [2.45, 2.75) is 0 Å². The van der Waals surface area contributed by atoms with Crippen LogP contribution in [0.3, 0.4) is 0 Å². The molecule has 0 unspecified atom stereocenters. The molecular weight excluding hydrogens is 458 g/mol. The number of rotatable bonds is 6. The molecule has 3 aromatic carbocycles. The maximum atomic E-state index is 13.4. The molecule has 1 saturated heterocycles. The first-order valence-electron chi connectivity index (χ1n) is 11.6. The summed E-state index contributed by atoms with van der Waals surface area (Å²) in [5.74, 6) is 3.16. The van der Waals surface area contributed by atoms with E-state index < -0.39 is 0 Å². The van der Waals surface area contributed by atoms with E-state index in [9.17, 15) is 4.79 Å². The van der Waals surface area contributed by atoms with Crippen LogP contribution in [0.15, 0.2) is 66.7 Å². The van der Waals surface area contributed by atoms with Crippen LogP contribution >= 0.6 is 0 Å². The van der Waals surface area contributed by atoms with E-state index in [0.29, 0.717) is 77.4 Å². The smallest absolute Gasteiger partial charge is 0.257 e. The molecule has 5 rings (SSSR count). The summed E-state index contributed by atoms with van der Waals surface area (Å²) in [6.07, 6.45) is 0. The Balaban J connectivity index is 1.32. The quantitative estimate of drug-likeness (QED) is 0.437. The molecule has 0 bridgehead atoms. The van der Waals surface area contributed by atoms with Crippen LogP contribution in [0.1, 0.15) is 10.4 Å². The van der Waals surface area contributed by atoms with E-state index in [2.05, 4.69) is 4.98 Å². The zero-order chi connectivity index (χ0) is 25.1. The van der Waals surface area contributed by atoms with Crippen molar-refractivity contribution in [2.75, 3.05) is 51.0 Å². The van der Waals surface area contributed by atoms with Crippen molar-refractivity contribution in [1.82, 2.24) is 14.9 Å². The summed E-state index contributed by atoms with van der Waals surface area (Å²) in [6, 6.07) is 20.3. The van der Waals surface area contributed by atoms with Gasteiger partial charge < -0.3 is 29.7 Å². The fourth-order valence-corrected chi connectivity index (χ4v) is 4.24. The van der Waals surface area contributed by atoms with Gasteiger partial charge in [0, 0.05) is 37.6 Å². The minimum absolute atomic E-state index is 0.0723. The van der Waals surface area contributed by atoms with Gasteiger partial charge in [0.1, 0.15) is 17.3 Å². The number of carbonyl (C=O) groups is 1. The normalized spacial score (nSPS) is 13.5. The molecule has 0 saturated carbocycles. The number of hydrogen-bond acceptors (Lipinski definition) is 8. The van der Waals surface area contributed by atoms with E-state index in [1.807, 2.05) is 58.3 Å². The fraction of sp³-hybridized carbons (Fsp3) is 0.222. The SMILES string of the molecule is COc1cc2nc(N3CCN(C(=O)c4ccccc4Oc4ccccc4)CC3)nc(N)c2cc1OC. The Kier molecular flexibility index (Phi) is 6.44. The Bertz CT molecular complexity index is 1390. The number of carbonyl (C=O) groups excluding carboxylic acids is 1. The molecule has 4 aromatic rings. The molecule has 36 heavy (non-hydrogen) atoms. The van der Waals surface area contributed by atoms with Crippen LogP contribution in [0.4, 0.5) is 11.8 Å². The molecular formula is C27H27N5O4. The average Bonchev–Trinajstić information content (AvgIpc) is 2.93. The molecule has 184 valence electrons. The first-order valence-corrected chi connectivity index (χ1v) is 11.6. The third-order valence-electron chi connectivity index (χ3n) is 6.16. The monoisotopic (exact) mass is 485 g/mol. The van der Waals surface area contributed by atoms with E-state index in [1.54, 1.807) is 32.4 Å². The van der Waals surface area contributed by atoms with Crippen molar-refractivity contribution < 1.29 is 19.0 Å². The van der Waals surface area contributed by atoms with Crippen molar-refractivity contribution >= 4 is 28.6 Å². The van der Waals surface area contributed by atoms with Gasteiger partial charge in [0.15, 0.2) is 11.5 Å². The predicted octanol–water partition coefficient (Wildman–Crippen LogP) is 3.98. The largest absolute Gasteiger partial charge is 0.493 e. The van der Waals surface area contributed by atoms with Gasteiger partial charge in [0.05, 0.1) is 25.3 Å². The second-order valence-electron chi connectivity index (χ2n) is 8.32. The summed E-state index contributed by atoms with van der Waals surface area (Å²) in [4.78, 5) is 26.4. The lowest BCUT2D eigenvalue weighted by molar-refractivity contribution is 0.0743. The lowest BCUT2D eigenvalue weighted by Crippen LogP contribution is -2.49. The topological polar surface area (TPSA) is 103 Å². The molecule has 0 atom stereocenters. The standard InChI is InChI=1S/C27H27N5O4/c1-34-23-16-20-21(17-24(23)35-2)29-27(30-25(20)28)32-14-12-31(13-15-32)26(33)19-10-6-7-11-22(19)36-18-8-4-3-5-9-18/h3-11,16-17H,12-15H2,1-2H3,(H2,28,29,30). The Morgan fingerprint density at radius 2 is 1.50 bits per heavy atom. The first kappa shape index (κ1) is 23.2. The van der Waals surface area contributed by atoms with Crippen molar-refractivity contribution in [1.29, 1.82) is 0 Å². The number of nitrogens with two attached hydrogens (primary N) is 1. The maximum Gasteiger partial charge on any atom is 0.257 e. The number of piperazine rings is 1. The number of methoxy groups -OCH3 is 2. The third-order valence-corrected chi connectivity index (χ3v) is 6.16. The number of nitrogens with zero attached hydrogens (tertiary/aromatic N) is 4. The van der Waals surface area contributed by atoms with E-state index in [1.165, 1.54) is 0 Å². The number of aromatic nitrogens is 2. The number of nitrogen functional groups attached to an aromatic ring is 1. The van der Waals surface area contributed by atoms with Crippen molar-refractivity contribution in [3.8, 4) is 23.0 Å². The fourth-order valence-electron chi connectivity index (χ4n) is 4.24.